The summed E-state index contributed by atoms with van der Waals surface area (Å²) in [6.07, 6.45) is 0.964. The highest BCUT2D eigenvalue weighted by molar-refractivity contribution is 5.97. The molecule has 0 radical (unpaired) electrons. The molecule has 0 atom stereocenters. The fourth-order valence-corrected chi connectivity index (χ4v) is 1.82. The summed E-state index contributed by atoms with van der Waals surface area (Å²) in [5, 5.41) is 8.73. The van der Waals surface area contributed by atoms with Gasteiger partial charge in [0.25, 0.3) is 0 Å². The topological polar surface area (TPSA) is 37.3 Å². The first-order chi connectivity index (χ1) is 7.86. The van der Waals surface area contributed by atoms with E-state index in [0.29, 0.717) is 12.8 Å². The molecule has 1 N–H and O–H groups in total. The predicted molar refractivity (Wildman–Crippen MR) is 70.5 cm³/mol. The van der Waals surface area contributed by atoms with Crippen LogP contribution in [0.4, 0.5) is 0 Å². The molecule has 0 saturated carbocycles. The van der Waals surface area contributed by atoms with Gasteiger partial charge < -0.3 is 5.11 Å². The Morgan fingerprint density at radius 3 is 2.41 bits per heavy atom. The molecule has 0 unspecified atom stereocenters. The largest absolute Gasteiger partial charge is 0.396 e. The van der Waals surface area contributed by atoms with Crippen LogP contribution in [0.2, 0.25) is 0 Å². The molecule has 0 aliphatic heterocycles. The summed E-state index contributed by atoms with van der Waals surface area (Å²) in [6, 6.07) is 6.03. The zero-order valence-electron chi connectivity index (χ0n) is 11.2. The van der Waals surface area contributed by atoms with E-state index >= 15 is 0 Å². The highest BCUT2D eigenvalue weighted by Gasteiger charge is 2.16. The minimum atomic E-state index is 0.0743. The van der Waals surface area contributed by atoms with E-state index in [4.69, 9.17) is 5.11 Å². The SMILES string of the molecule is Cc1cc(C(C)(C)C)ccc1C(=O)CCCO. The van der Waals surface area contributed by atoms with E-state index < -0.39 is 0 Å². The molecular formula is C15H22O2. The molecule has 0 aromatic heterocycles. The van der Waals surface area contributed by atoms with E-state index in [1.807, 2.05) is 19.1 Å². The molecule has 0 heterocycles. The van der Waals surface area contributed by atoms with Crippen molar-refractivity contribution in [1.29, 1.82) is 0 Å². The van der Waals surface area contributed by atoms with Gasteiger partial charge in [0.15, 0.2) is 5.78 Å². The third kappa shape index (κ3) is 3.67. The molecule has 1 aromatic carbocycles. The molecule has 0 bridgehead atoms. The molecule has 1 rings (SSSR count). The van der Waals surface area contributed by atoms with Gasteiger partial charge in [0, 0.05) is 18.6 Å². The number of Topliss-reactive ketones (excluding diaryl/α,β-unsaturated/α-hetero) is 1. The maximum atomic E-state index is 11.9. The van der Waals surface area contributed by atoms with Gasteiger partial charge in [-0.1, -0.05) is 39.0 Å². The van der Waals surface area contributed by atoms with E-state index in [2.05, 4.69) is 26.8 Å². The standard InChI is InChI=1S/C15H22O2/c1-11-10-12(15(2,3)4)7-8-13(11)14(17)6-5-9-16/h7-8,10,16H,5-6,9H2,1-4H3. The number of ketones is 1. The van der Waals surface area contributed by atoms with E-state index in [9.17, 15) is 4.79 Å². The van der Waals surface area contributed by atoms with E-state index in [1.165, 1.54) is 5.56 Å². The van der Waals surface area contributed by atoms with Crippen molar-refractivity contribution < 1.29 is 9.90 Å². The third-order valence-electron chi connectivity index (χ3n) is 2.95. The van der Waals surface area contributed by atoms with Gasteiger partial charge in [0.2, 0.25) is 0 Å². The number of aliphatic hydroxyl groups excluding tert-OH is 1. The zero-order valence-corrected chi connectivity index (χ0v) is 11.2. The van der Waals surface area contributed by atoms with Crippen molar-refractivity contribution in [2.24, 2.45) is 0 Å². The van der Waals surface area contributed by atoms with Crippen LogP contribution >= 0.6 is 0 Å². The summed E-state index contributed by atoms with van der Waals surface area (Å²) in [6.45, 7) is 8.53. The molecular weight excluding hydrogens is 212 g/mol. The first kappa shape index (κ1) is 13.9. The maximum absolute atomic E-state index is 11.9. The van der Waals surface area contributed by atoms with Crippen LogP contribution in [0.15, 0.2) is 18.2 Å². The minimum absolute atomic E-state index is 0.0743. The van der Waals surface area contributed by atoms with E-state index in [0.717, 1.165) is 11.1 Å². The molecule has 0 aliphatic carbocycles. The summed E-state index contributed by atoms with van der Waals surface area (Å²) < 4.78 is 0. The second kappa shape index (κ2) is 5.46. The smallest absolute Gasteiger partial charge is 0.163 e. The van der Waals surface area contributed by atoms with E-state index in [-0.39, 0.29) is 17.8 Å². The average Bonchev–Trinajstić information content (AvgIpc) is 2.24. The molecule has 1 aromatic rings. The lowest BCUT2D eigenvalue weighted by Crippen LogP contribution is -2.12. The fourth-order valence-electron chi connectivity index (χ4n) is 1.82. The number of benzene rings is 1. The van der Waals surface area contributed by atoms with Crippen molar-refractivity contribution in [3.8, 4) is 0 Å². The number of aryl methyl sites for hydroxylation is 1. The number of carbonyl (C=O) groups excluding carboxylic acids is 1. The molecule has 0 aliphatic rings. The second-order valence-corrected chi connectivity index (χ2v) is 5.53. The third-order valence-corrected chi connectivity index (χ3v) is 2.95. The molecule has 0 amide bonds. The highest BCUT2D eigenvalue weighted by Crippen LogP contribution is 2.24. The van der Waals surface area contributed by atoms with Crippen LogP contribution in [-0.4, -0.2) is 17.5 Å². The quantitative estimate of drug-likeness (QED) is 0.812. The lowest BCUT2D eigenvalue weighted by atomic mass is 9.85. The van der Waals surface area contributed by atoms with Crippen LogP contribution in [0.3, 0.4) is 0 Å². The van der Waals surface area contributed by atoms with Crippen molar-refractivity contribution in [2.75, 3.05) is 6.61 Å². The first-order valence-electron chi connectivity index (χ1n) is 6.11. The van der Waals surface area contributed by atoms with Crippen molar-refractivity contribution in [1.82, 2.24) is 0 Å². The molecule has 0 fully saturated rings. The van der Waals surface area contributed by atoms with Gasteiger partial charge in [-0.2, -0.15) is 0 Å². The van der Waals surface area contributed by atoms with Crippen molar-refractivity contribution in [3.63, 3.8) is 0 Å². The van der Waals surface area contributed by atoms with Crippen LogP contribution in [0.5, 0.6) is 0 Å². The van der Waals surface area contributed by atoms with Gasteiger partial charge in [-0.15, -0.1) is 0 Å². The minimum Gasteiger partial charge on any atom is -0.396 e. The summed E-state index contributed by atoms with van der Waals surface area (Å²) in [4.78, 5) is 11.9. The highest BCUT2D eigenvalue weighted by atomic mass is 16.3. The van der Waals surface area contributed by atoms with Crippen LogP contribution in [-0.2, 0) is 5.41 Å². The Bertz CT molecular complexity index is 400. The number of rotatable bonds is 4. The normalized spacial score (nSPS) is 11.6. The van der Waals surface area contributed by atoms with Gasteiger partial charge in [0.05, 0.1) is 0 Å². The molecule has 94 valence electrons. The zero-order chi connectivity index (χ0) is 13.1. The Morgan fingerprint density at radius 2 is 1.94 bits per heavy atom. The lowest BCUT2D eigenvalue weighted by molar-refractivity contribution is 0.0970. The first-order valence-corrected chi connectivity index (χ1v) is 6.11. The van der Waals surface area contributed by atoms with Gasteiger partial charge in [-0.05, 0) is 29.9 Å². The average molecular weight is 234 g/mol. The van der Waals surface area contributed by atoms with Crippen LogP contribution in [0.25, 0.3) is 0 Å². The van der Waals surface area contributed by atoms with Crippen molar-refractivity contribution in [2.45, 2.75) is 46.0 Å². The van der Waals surface area contributed by atoms with Crippen LogP contribution in [0.1, 0.15) is 55.1 Å². The van der Waals surface area contributed by atoms with Gasteiger partial charge in [-0.3, -0.25) is 4.79 Å². The Kier molecular flexibility index (Phi) is 4.47. The van der Waals surface area contributed by atoms with Gasteiger partial charge >= 0.3 is 0 Å². The number of carbonyl (C=O) groups is 1. The number of hydrogen-bond acceptors (Lipinski definition) is 2. The van der Waals surface area contributed by atoms with Gasteiger partial charge in [0.1, 0.15) is 0 Å². The Labute approximate surface area is 104 Å². The number of hydrogen-bond donors (Lipinski definition) is 1. The molecule has 2 heteroatoms. The van der Waals surface area contributed by atoms with Crippen LogP contribution in [0, 0.1) is 6.92 Å². The monoisotopic (exact) mass is 234 g/mol. The lowest BCUT2D eigenvalue weighted by Gasteiger charge is -2.20. The van der Waals surface area contributed by atoms with Crippen molar-refractivity contribution >= 4 is 5.78 Å². The number of aliphatic hydroxyl groups is 1. The Morgan fingerprint density at radius 1 is 1.29 bits per heavy atom. The van der Waals surface area contributed by atoms with Crippen molar-refractivity contribution in [3.05, 3.63) is 34.9 Å². The second-order valence-electron chi connectivity index (χ2n) is 5.53. The Hall–Kier alpha value is -1.15. The molecule has 17 heavy (non-hydrogen) atoms. The van der Waals surface area contributed by atoms with Crippen LogP contribution < -0.4 is 0 Å². The predicted octanol–water partition coefficient (Wildman–Crippen LogP) is 3.25. The maximum Gasteiger partial charge on any atom is 0.163 e. The summed E-state index contributed by atoms with van der Waals surface area (Å²) in [5.74, 6) is 0.122. The van der Waals surface area contributed by atoms with Gasteiger partial charge in [-0.25, -0.2) is 0 Å². The fraction of sp³-hybridized carbons (Fsp3) is 0.533. The summed E-state index contributed by atoms with van der Waals surface area (Å²) >= 11 is 0. The molecule has 0 saturated heterocycles. The van der Waals surface area contributed by atoms with E-state index in [1.54, 1.807) is 0 Å². The summed E-state index contributed by atoms with van der Waals surface area (Å²) in [7, 11) is 0. The molecule has 2 nitrogen and oxygen atoms in total. The molecule has 0 spiro atoms. The Balaban J connectivity index is 2.94. The summed E-state index contributed by atoms with van der Waals surface area (Å²) in [5.41, 5.74) is 3.16.